The van der Waals surface area contributed by atoms with Gasteiger partial charge in [0.05, 0.1) is 0 Å². The van der Waals surface area contributed by atoms with Crippen LogP contribution in [0.25, 0.3) is 0 Å². The van der Waals surface area contributed by atoms with Gasteiger partial charge in [-0.25, -0.2) is 0 Å². The van der Waals surface area contributed by atoms with E-state index in [-0.39, 0.29) is 0 Å². The van der Waals surface area contributed by atoms with E-state index in [9.17, 15) is 0 Å². The maximum atomic E-state index is 5.42. The van der Waals surface area contributed by atoms with Gasteiger partial charge in [0.15, 0.2) is 0 Å². The third kappa shape index (κ3) is 3.66. The van der Waals surface area contributed by atoms with Crippen molar-refractivity contribution >= 4 is 19.8 Å². The summed E-state index contributed by atoms with van der Waals surface area (Å²) in [7, 11) is 0. The van der Waals surface area contributed by atoms with E-state index in [2.05, 4.69) is 5.32 Å². The summed E-state index contributed by atoms with van der Waals surface area (Å²) in [6, 6.07) is 0. The molecule has 0 saturated carbocycles. The number of hydrogen-bond donors (Lipinski definition) is 1. The number of alkyl halides is 3. The van der Waals surface area contributed by atoms with Gasteiger partial charge in [-0.05, 0) is 0 Å². The fourth-order valence-corrected chi connectivity index (χ4v) is 7.44. The fourth-order valence-electron chi connectivity index (χ4n) is 2.19. The summed E-state index contributed by atoms with van der Waals surface area (Å²) < 4.78 is 9.96. The molecule has 2 heterocycles. The van der Waals surface area contributed by atoms with Crippen LogP contribution in [0.4, 0.5) is 0 Å². The van der Waals surface area contributed by atoms with Crippen molar-refractivity contribution in [3.05, 3.63) is 0 Å². The minimum absolute atomic E-state index is 0.511. The average molecular weight is 311 g/mol. The average Bonchev–Trinajstić information content (AvgIpc) is 2.29. The number of ether oxygens (including phenoxy) is 1. The molecule has 0 aliphatic carbocycles. The van der Waals surface area contributed by atoms with Crippen LogP contribution in [0.1, 0.15) is 19.3 Å². The Balaban J connectivity index is 1.60. The molecule has 1 N–H and O–H groups in total. The van der Waals surface area contributed by atoms with Crippen molar-refractivity contribution in [3.8, 4) is 0 Å². The molecule has 0 aromatic carbocycles. The standard InChI is InChI=1S/C11H22INO/c1(11-2-7-13-8-3-11)4-12-5-9-14-10-6-12/h11,13H,1-10H2. The van der Waals surface area contributed by atoms with E-state index in [1.54, 1.807) is 4.43 Å². The molecule has 0 spiro atoms. The van der Waals surface area contributed by atoms with Gasteiger partial charge in [-0.15, -0.1) is 0 Å². The van der Waals surface area contributed by atoms with Gasteiger partial charge in [-0.3, -0.25) is 0 Å². The van der Waals surface area contributed by atoms with Crippen molar-refractivity contribution in [2.45, 2.75) is 19.3 Å². The molecule has 0 unspecified atom stereocenters. The van der Waals surface area contributed by atoms with Gasteiger partial charge >= 0.3 is 94.6 Å². The number of hydrogen-bond acceptors (Lipinski definition) is 2. The molecular weight excluding hydrogens is 289 g/mol. The maximum absolute atomic E-state index is 5.42. The Morgan fingerprint density at radius 2 is 1.86 bits per heavy atom. The Kier molecular flexibility index (Phi) is 5.00. The van der Waals surface area contributed by atoms with Gasteiger partial charge in [-0.2, -0.15) is 0 Å². The second-order valence-corrected chi connectivity index (χ2v) is 10.7. The first-order chi connectivity index (χ1) is 6.95. The summed E-state index contributed by atoms with van der Waals surface area (Å²) in [5.41, 5.74) is 0. The first kappa shape index (κ1) is 11.1. The van der Waals surface area contributed by atoms with Crippen LogP contribution >= 0.6 is 19.8 Å². The van der Waals surface area contributed by atoms with E-state index < -0.39 is 19.8 Å². The summed E-state index contributed by atoms with van der Waals surface area (Å²) in [6.07, 6.45) is 4.40. The van der Waals surface area contributed by atoms with Crippen LogP contribution in [0, 0.1) is 5.92 Å². The topological polar surface area (TPSA) is 21.3 Å². The molecule has 2 aliphatic heterocycles. The molecule has 84 valence electrons. The summed E-state index contributed by atoms with van der Waals surface area (Å²) in [5, 5.41) is 3.45. The predicted octanol–water partition coefficient (Wildman–Crippen LogP) is 1.91. The summed E-state index contributed by atoms with van der Waals surface area (Å²) in [6.45, 7) is 4.69. The van der Waals surface area contributed by atoms with Gasteiger partial charge < -0.3 is 0 Å². The molecule has 0 bridgehead atoms. The Morgan fingerprint density at radius 1 is 1.14 bits per heavy atom. The summed E-state index contributed by atoms with van der Waals surface area (Å²) >= 11 is -0.511. The first-order valence-electron chi connectivity index (χ1n) is 5.81. The molecule has 0 aromatic heterocycles. The first-order valence-corrected chi connectivity index (χ1v) is 10.4. The van der Waals surface area contributed by atoms with Crippen LogP contribution < -0.4 is 5.32 Å². The van der Waals surface area contributed by atoms with E-state index >= 15 is 0 Å². The van der Waals surface area contributed by atoms with Gasteiger partial charge in [0.25, 0.3) is 0 Å². The summed E-state index contributed by atoms with van der Waals surface area (Å²) in [5.74, 6) is 1.05. The minimum atomic E-state index is -0.511. The van der Waals surface area contributed by atoms with Crippen LogP contribution in [-0.4, -0.2) is 39.6 Å². The number of piperidine rings is 1. The molecular formula is C11H22INO. The Bertz CT molecular complexity index is 135. The van der Waals surface area contributed by atoms with E-state index in [4.69, 9.17) is 4.74 Å². The van der Waals surface area contributed by atoms with Gasteiger partial charge in [0, 0.05) is 0 Å². The van der Waals surface area contributed by atoms with Crippen molar-refractivity contribution in [3.63, 3.8) is 0 Å². The molecule has 0 amide bonds. The van der Waals surface area contributed by atoms with Crippen molar-refractivity contribution in [1.29, 1.82) is 0 Å². The van der Waals surface area contributed by atoms with Crippen molar-refractivity contribution in [2.24, 2.45) is 5.92 Å². The van der Waals surface area contributed by atoms with E-state index in [1.165, 1.54) is 41.2 Å². The second-order valence-electron chi connectivity index (χ2n) is 4.23. The monoisotopic (exact) mass is 311 g/mol. The van der Waals surface area contributed by atoms with Crippen LogP contribution in [-0.2, 0) is 4.74 Å². The zero-order chi connectivity index (χ0) is 9.64. The molecule has 0 radical (unpaired) electrons. The van der Waals surface area contributed by atoms with E-state index in [0.717, 1.165) is 19.1 Å². The van der Waals surface area contributed by atoms with E-state index in [0.29, 0.717) is 0 Å². The molecule has 0 atom stereocenters. The molecule has 14 heavy (non-hydrogen) atoms. The molecule has 2 rings (SSSR count). The molecule has 0 aromatic rings. The predicted molar refractivity (Wildman–Crippen MR) is 69.7 cm³/mol. The molecule has 3 heteroatoms. The van der Waals surface area contributed by atoms with E-state index in [1.807, 2.05) is 0 Å². The summed E-state index contributed by atoms with van der Waals surface area (Å²) in [4.78, 5) is 0. The Morgan fingerprint density at radius 3 is 2.57 bits per heavy atom. The molecule has 2 saturated heterocycles. The number of halogens is 1. The van der Waals surface area contributed by atoms with Gasteiger partial charge in [-0.1, -0.05) is 0 Å². The normalized spacial score (nSPS) is 27.9. The third-order valence-corrected chi connectivity index (χ3v) is 9.30. The Labute approximate surface area is 94.6 Å². The SMILES string of the molecule is C1CC(CCI2CCOCC2)CCN1. The Hall–Kier alpha value is 0.650. The van der Waals surface area contributed by atoms with Crippen molar-refractivity contribution in [2.75, 3.05) is 39.6 Å². The molecule has 2 nitrogen and oxygen atoms in total. The quantitative estimate of drug-likeness (QED) is 0.635. The van der Waals surface area contributed by atoms with Crippen molar-refractivity contribution < 1.29 is 4.74 Å². The van der Waals surface area contributed by atoms with Gasteiger partial charge in [0.1, 0.15) is 0 Å². The zero-order valence-corrected chi connectivity index (χ0v) is 11.1. The third-order valence-electron chi connectivity index (χ3n) is 3.22. The van der Waals surface area contributed by atoms with Crippen LogP contribution in [0.15, 0.2) is 0 Å². The number of nitrogens with one attached hydrogen (secondary N) is 1. The molecule has 2 fully saturated rings. The van der Waals surface area contributed by atoms with Gasteiger partial charge in [0.2, 0.25) is 0 Å². The zero-order valence-electron chi connectivity index (χ0n) is 8.93. The van der Waals surface area contributed by atoms with Crippen molar-refractivity contribution in [1.82, 2.24) is 5.32 Å². The van der Waals surface area contributed by atoms with Crippen LogP contribution in [0.2, 0.25) is 0 Å². The van der Waals surface area contributed by atoms with Crippen LogP contribution in [0.3, 0.4) is 0 Å². The fraction of sp³-hybridized carbons (Fsp3) is 1.00. The van der Waals surface area contributed by atoms with Crippen LogP contribution in [0.5, 0.6) is 0 Å². The number of rotatable bonds is 3. The second kappa shape index (κ2) is 6.28. The molecule has 2 aliphatic rings.